The summed E-state index contributed by atoms with van der Waals surface area (Å²) in [7, 11) is 2.19. The maximum Gasteiger partial charge on any atom is 0.138 e. The van der Waals surface area contributed by atoms with E-state index in [-0.39, 0.29) is 0 Å². The van der Waals surface area contributed by atoms with Crippen LogP contribution in [-0.4, -0.2) is 27.3 Å². The zero-order valence-corrected chi connectivity index (χ0v) is 12.2. The first kappa shape index (κ1) is 12.0. The van der Waals surface area contributed by atoms with Gasteiger partial charge in [-0.15, -0.1) is 0 Å². The lowest BCUT2D eigenvalue weighted by Gasteiger charge is -2.36. The quantitative estimate of drug-likeness (QED) is 0.792. The maximum absolute atomic E-state index is 4.35. The first-order valence-electron chi connectivity index (χ1n) is 6.56. The molecule has 18 heavy (non-hydrogen) atoms. The van der Waals surface area contributed by atoms with E-state index in [0.717, 1.165) is 5.65 Å². The highest BCUT2D eigenvalue weighted by molar-refractivity contribution is 9.09. The second-order valence-corrected chi connectivity index (χ2v) is 6.19. The minimum absolute atomic E-state index is 0.576. The summed E-state index contributed by atoms with van der Waals surface area (Å²) in [4.78, 5) is 7.34. The summed E-state index contributed by atoms with van der Waals surface area (Å²) in [5.74, 6) is 1.22. The Hall–Kier alpha value is -1.03. The molecular formula is C14H18BrN3. The van der Waals surface area contributed by atoms with Crippen LogP contribution in [0.2, 0.25) is 0 Å². The summed E-state index contributed by atoms with van der Waals surface area (Å²) in [5, 5.41) is 0. The fourth-order valence-electron chi connectivity index (χ4n) is 2.89. The van der Waals surface area contributed by atoms with Crippen molar-refractivity contribution in [2.75, 3.05) is 11.9 Å². The Morgan fingerprint density at radius 3 is 3.00 bits per heavy atom. The van der Waals surface area contributed by atoms with Crippen molar-refractivity contribution in [2.45, 2.75) is 36.6 Å². The van der Waals surface area contributed by atoms with Crippen LogP contribution in [0.5, 0.6) is 0 Å². The lowest BCUT2D eigenvalue weighted by atomic mass is 9.94. The van der Waals surface area contributed by atoms with Gasteiger partial charge in [-0.1, -0.05) is 34.8 Å². The molecule has 0 aliphatic heterocycles. The van der Waals surface area contributed by atoms with Gasteiger partial charge >= 0.3 is 0 Å². The van der Waals surface area contributed by atoms with Gasteiger partial charge in [-0.3, -0.25) is 4.40 Å². The van der Waals surface area contributed by atoms with E-state index in [1.54, 1.807) is 0 Å². The number of halogens is 1. The molecule has 2 aromatic rings. The largest absolute Gasteiger partial charge is 0.357 e. The third-order valence-electron chi connectivity index (χ3n) is 3.91. The molecule has 0 saturated heterocycles. The van der Waals surface area contributed by atoms with Gasteiger partial charge in [0.1, 0.15) is 11.5 Å². The Labute approximate surface area is 116 Å². The number of imidazole rings is 1. The number of aromatic nitrogens is 2. The number of nitrogens with zero attached hydrogens (tertiary/aromatic N) is 3. The standard InChI is InChI=1S/C14H18BrN3/c1-17(12-6-3-2-5-11(12)15)14-8-4-7-13-16-9-10-18(13)14/h4,7-12H,2-3,5-6H2,1H3. The van der Waals surface area contributed by atoms with Crippen LogP contribution in [0.1, 0.15) is 25.7 Å². The molecule has 0 bridgehead atoms. The van der Waals surface area contributed by atoms with Crippen molar-refractivity contribution >= 4 is 27.4 Å². The molecule has 0 radical (unpaired) electrons. The van der Waals surface area contributed by atoms with E-state index < -0.39 is 0 Å². The second-order valence-electron chi connectivity index (χ2n) is 5.02. The highest BCUT2D eigenvalue weighted by Gasteiger charge is 2.27. The van der Waals surface area contributed by atoms with Gasteiger partial charge in [0.2, 0.25) is 0 Å². The minimum atomic E-state index is 0.576. The number of rotatable bonds is 2. The summed E-state index contributed by atoms with van der Waals surface area (Å²) in [6, 6.07) is 6.87. The number of hydrogen-bond acceptors (Lipinski definition) is 2. The van der Waals surface area contributed by atoms with Gasteiger partial charge in [0.25, 0.3) is 0 Å². The lowest BCUT2D eigenvalue weighted by molar-refractivity contribution is 0.441. The van der Waals surface area contributed by atoms with Crippen LogP contribution in [0.3, 0.4) is 0 Å². The fraction of sp³-hybridized carbons (Fsp3) is 0.500. The molecule has 2 atom stereocenters. The maximum atomic E-state index is 4.35. The van der Waals surface area contributed by atoms with Gasteiger partial charge in [-0.2, -0.15) is 0 Å². The predicted octanol–water partition coefficient (Wildman–Crippen LogP) is 3.48. The molecule has 3 rings (SSSR count). The highest BCUT2D eigenvalue weighted by Crippen LogP contribution is 2.30. The molecule has 1 aliphatic carbocycles. The Kier molecular flexibility index (Phi) is 3.29. The Morgan fingerprint density at radius 2 is 2.17 bits per heavy atom. The van der Waals surface area contributed by atoms with E-state index in [0.29, 0.717) is 10.9 Å². The van der Waals surface area contributed by atoms with Crippen LogP contribution in [0.4, 0.5) is 5.82 Å². The van der Waals surface area contributed by atoms with Gasteiger partial charge in [-0.05, 0) is 25.0 Å². The van der Waals surface area contributed by atoms with Crippen LogP contribution in [0.25, 0.3) is 5.65 Å². The number of alkyl halides is 1. The molecule has 0 aromatic carbocycles. The molecule has 3 nitrogen and oxygen atoms in total. The van der Waals surface area contributed by atoms with Crippen molar-refractivity contribution < 1.29 is 0 Å². The Bertz CT molecular complexity index is 537. The Morgan fingerprint density at radius 1 is 1.33 bits per heavy atom. The third-order valence-corrected chi connectivity index (χ3v) is 4.98. The van der Waals surface area contributed by atoms with Gasteiger partial charge in [-0.25, -0.2) is 4.98 Å². The first-order chi connectivity index (χ1) is 8.77. The predicted molar refractivity (Wildman–Crippen MR) is 78.6 cm³/mol. The smallest absolute Gasteiger partial charge is 0.138 e. The van der Waals surface area contributed by atoms with E-state index >= 15 is 0 Å². The first-order valence-corrected chi connectivity index (χ1v) is 7.48. The van der Waals surface area contributed by atoms with Crippen LogP contribution in [0, 0.1) is 0 Å². The number of hydrogen-bond donors (Lipinski definition) is 0. The van der Waals surface area contributed by atoms with Crippen LogP contribution in [-0.2, 0) is 0 Å². The van der Waals surface area contributed by atoms with Gasteiger partial charge in [0.15, 0.2) is 0 Å². The monoisotopic (exact) mass is 307 g/mol. The molecule has 0 N–H and O–H groups in total. The molecular weight excluding hydrogens is 290 g/mol. The molecule has 1 fully saturated rings. The van der Waals surface area contributed by atoms with Crippen molar-refractivity contribution in [3.8, 4) is 0 Å². The van der Waals surface area contributed by atoms with E-state index in [1.807, 2.05) is 18.5 Å². The van der Waals surface area contributed by atoms with Crippen molar-refractivity contribution in [2.24, 2.45) is 0 Å². The van der Waals surface area contributed by atoms with E-state index in [4.69, 9.17) is 0 Å². The third kappa shape index (κ3) is 2.03. The zero-order valence-electron chi connectivity index (χ0n) is 10.6. The molecule has 4 heteroatoms. The number of pyridine rings is 1. The molecule has 2 heterocycles. The summed E-state index contributed by atoms with van der Waals surface area (Å²) < 4.78 is 2.16. The summed E-state index contributed by atoms with van der Waals surface area (Å²) in [6.07, 6.45) is 9.10. The molecule has 0 spiro atoms. The highest BCUT2D eigenvalue weighted by atomic mass is 79.9. The van der Waals surface area contributed by atoms with E-state index in [9.17, 15) is 0 Å². The summed E-state index contributed by atoms with van der Waals surface area (Å²) in [5.41, 5.74) is 1.02. The van der Waals surface area contributed by atoms with Crippen molar-refractivity contribution in [1.29, 1.82) is 0 Å². The molecule has 2 aromatic heterocycles. The van der Waals surface area contributed by atoms with E-state index in [1.165, 1.54) is 31.5 Å². The lowest BCUT2D eigenvalue weighted by Crippen LogP contribution is -2.41. The fourth-order valence-corrected chi connectivity index (χ4v) is 3.83. The van der Waals surface area contributed by atoms with E-state index in [2.05, 4.69) is 49.4 Å². The molecule has 1 aliphatic rings. The Balaban J connectivity index is 1.95. The zero-order chi connectivity index (χ0) is 12.5. The van der Waals surface area contributed by atoms with Crippen molar-refractivity contribution in [3.63, 3.8) is 0 Å². The van der Waals surface area contributed by atoms with Crippen LogP contribution < -0.4 is 4.90 Å². The van der Waals surface area contributed by atoms with Gasteiger partial charge < -0.3 is 4.90 Å². The van der Waals surface area contributed by atoms with Crippen LogP contribution >= 0.6 is 15.9 Å². The molecule has 96 valence electrons. The molecule has 2 unspecified atom stereocenters. The van der Waals surface area contributed by atoms with Gasteiger partial charge in [0.05, 0.1) is 0 Å². The SMILES string of the molecule is CN(c1cccc2nccn12)C1CCCCC1Br. The molecule has 0 amide bonds. The summed E-state index contributed by atoms with van der Waals surface area (Å²) >= 11 is 3.84. The minimum Gasteiger partial charge on any atom is -0.357 e. The average Bonchev–Trinajstić information content (AvgIpc) is 2.86. The van der Waals surface area contributed by atoms with Crippen LogP contribution in [0.15, 0.2) is 30.6 Å². The van der Waals surface area contributed by atoms with Gasteiger partial charge in [0, 0.05) is 30.3 Å². The van der Waals surface area contributed by atoms with Crippen molar-refractivity contribution in [3.05, 3.63) is 30.6 Å². The second kappa shape index (κ2) is 4.92. The number of fused-ring (bicyclic) bond motifs is 1. The average molecular weight is 308 g/mol. The number of anilines is 1. The molecule has 1 saturated carbocycles. The normalized spacial score (nSPS) is 24.3. The summed E-state index contributed by atoms with van der Waals surface area (Å²) in [6.45, 7) is 0. The topological polar surface area (TPSA) is 20.5 Å². The van der Waals surface area contributed by atoms with Crippen molar-refractivity contribution in [1.82, 2.24) is 9.38 Å².